The molecule has 2 aromatic heterocycles. The third-order valence-electron chi connectivity index (χ3n) is 3.49. The van der Waals surface area contributed by atoms with Gasteiger partial charge in [0.1, 0.15) is 11.6 Å². The van der Waals surface area contributed by atoms with Crippen LogP contribution in [0, 0.1) is 5.82 Å². The average Bonchev–Trinajstić information content (AvgIpc) is 3.12. The van der Waals surface area contributed by atoms with Gasteiger partial charge in [-0.15, -0.1) is 0 Å². The lowest BCUT2D eigenvalue weighted by molar-refractivity contribution is -0.130. The lowest BCUT2D eigenvalue weighted by Gasteiger charge is -2.15. The van der Waals surface area contributed by atoms with Gasteiger partial charge < -0.3 is 9.88 Å². The van der Waals surface area contributed by atoms with Gasteiger partial charge in [-0.1, -0.05) is 0 Å². The van der Waals surface area contributed by atoms with Crippen LogP contribution in [-0.2, 0) is 17.8 Å². The summed E-state index contributed by atoms with van der Waals surface area (Å²) in [5, 5.41) is 6.57. The van der Waals surface area contributed by atoms with Gasteiger partial charge in [0.2, 0.25) is 5.91 Å². The Morgan fingerprint density at radius 2 is 2.27 bits per heavy atom. The largest absolute Gasteiger partial charge is 0.340 e. The number of carbonyl (C=O) groups excluding carboxylic acids is 1. The quantitative estimate of drug-likeness (QED) is 0.757. The van der Waals surface area contributed by atoms with Crippen LogP contribution in [0.3, 0.4) is 0 Å². The second-order valence-electron chi connectivity index (χ2n) is 5.20. The number of fused-ring (bicyclic) bond motifs is 1. The van der Waals surface area contributed by atoms with Crippen molar-refractivity contribution in [2.75, 3.05) is 7.05 Å². The number of benzene rings is 1. The van der Waals surface area contributed by atoms with E-state index >= 15 is 0 Å². The lowest BCUT2D eigenvalue weighted by Crippen LogP contribution is -2.26. The Hall–Kier alpha value is -2.70. The first-order valence-electron chi connectivity index (χ1n) is 6.97. The number of aromatic nitrogens is 4. The molecule has 0 fully saturated rings. The first-order valence-corrected chi connectivity index (χ1v) is 6.97. The van der Waals surface area contributed by atoms with E-state index in [1.807, 2.05) is 0 Å². The van der Waals surface area contributed by atoms with E-state index in [4.69, 9.17) is 0 Å². The summed E-state index contributed by atoms with van der Waals surface area (Å²) >= 11 is 0. The van der Waals surface area contributed by atoms with Crippen molar-refractivity contribution in [2.45, 2.75) is 19.4 Å². The highest BCUT2D eigenvalue weighted by Gasteiger charge is 2.12. The fourth-order valence-electron chi connectivity index (χ4n) is 2.28. The molecule has 0 aliphatic heterocycles. The van der Waals surface area contributed by atoms with Crippen LogP contribution in [-0.4, -0.2) is 38.0 Å². The van der Waals surface area contributed by atoms with Crippen LogP contribution < -0.4 is 0 Å². The van der Waals surface area contributed by atoms with Crippen molar-refractivity contribution >= 4 is 16.9 Å². The summed E-state index contributed by atoms with van der Waals surface area (Å²) in [5.74, 6) is 0.347. The fraction of sp³-hybridized carbons (Fsp3) is 0.267. The molecule has 0 unspecified atom stereocenters. The Balaban J connectivity index is 1.61. The molecule has 0 aliphatic rings. The minimum atomic E-state index is -0.313. The van der Waals surface area contributed by atoms with E-state index in [1.165, 1.54) is 12.1 Å². The molecule has 0 spiro atoms. The molecular formula is C15H16FN5O. The van der Waals surface area contributed by atoms with E-state index in [0.29, 0.717) is 36.2 Å². The smallest absolute Gasteiger partial charge is 0.223 e. The van der Waals surface area contributed by atoms with Gasteiger partial charge in [-0.05, 0) is 30.2 Å². The molecule has 1 aromatic carbocycles. The van der Waals surface area contributed by atoms with Crippen LogP contribution in [0.25, 0.3) is 11.0 Å². The number of hydrogen-bond donors (Lipinski definition) is 2. The normalized spacial score (nSPS) is 11.0. The number of nitrogens with zero attached hydrogens (tertiary/aromatic N) is 3. The molecule has 0 atom stereocenters. The molecule has 0 bridgehead atoms. The van der Waals surface area contributed by atoms with Crippen LogP contribution in [0.2, 0.25) is 0 Å². The number of nitrogens with one attached hydrogen (secondary N) is 2. The average molecular weight is 301 g/mol. The van der Waals surface area contributed by atoms with Crippen molar-refractivity contribution in [2.24, 2.45) is 0 Å². The Morgan fingerprint density at radius 3 is 3.05 bits per heavy atom. The molecule has 0 saturated carbocycles. The van der Waals surface area contributed by atoms with Crippen molar-refractivity contribution in [3.8, 4) is 0 Å². The highest BCUT2D eigenvalue weighted by molar-refractivity contribution is 5.77. The second kappa shape index (κ2) is 5.97. The van der Waals surface area contributed by atoms with E-state index in [2.05, 4.69) is 20.2 Å². The molecule has 6 nitrogen and oxygen atoms in total. The molecule has 2 N–H and O–H groups in total. The van der Waals surface area contributed by atoms with Gasteiger partial charge in [0, 0.05) is 19.7 Å². The maximum absolute atomic E-state index is 13.2. The van der Waals surface area contributed by atoms with Gasteiger partial charge >= 0.3 is 0 Å². The fourth-order valence-corrected chi connectivity index (χ4v) is 2.28. The topological polar surface area (TPSA) is 77.7 Å². The van der Waals surface area contributed by atoms with Crippen molar-refractivity contribution < 1.29 is 9.18 Å². The van der Waals surface area contributed by atoms with E-state index in [9.17, 15) is 9.18 Å². The maximum atomic E-state index is 13.2. The number of hydrogen-bond acceptors (Lipinski definition) is 3. The summed E-state index contributed by atoms with van der Waals surface area (Å²) in [7, 11) is 1.73. The van der Waals surface area contributed by atoms with Crippen molar-refractivity contribution in [1.82, 2.24) is 25.1 Å². The van der Waals surface area contributed by atoms with Crippen LogP contribution in [0.1, 0.15) is 17.8 Å². The Labute approximate surface area is 126 Å². The molecule has 114 valence electrons. The SMILES string of the molecule is CN(Cc1nc2ccc(F)cc2[nH]1)C(=O)CCc1cn[nH]c1. The number of imidazole rings is 1. The Kier molecular flexibility index (Phi) is 3.86. The van der Waals surface area contributed by atoms with Crippen LogP contribution in [0.5, 0.6) is 0 Å². The Bertz CT molecular complexity index is 780. The van der Waals surface area contributed by atoms with Crippen LogP contribution in [0.4, 0.5) is 4.39 Å². The van der Waals surface area contributed by atoms with E-state index in [-0.39, 0.29) is 11.7 Å². The summed E-state index contributed by atoms with van der Waals surface area (Å²) in [6.45, 7) is 0.362. The molecule has 22 heavy (non-hydrogen) atoms. The number of H-pyrrole nitrogens is 2. The number of rotatable bonds is 5. The maximum Gasteiger partial charge on any atom is 0.223 e. The van der Waals surface area contributed by atoms with Gasteiger partial charge in [-0.3, -0.25) is 9.89 Å². The highest BCUT2D eigenvalue weighted by atomic mass is 19.1. The number of aryl methyl sites for hydroxylation is 1. The first-order chi connectivity index (χ1) is 10.6. The zero-order chi connectivity index (χ0) is 15.5. The van der Waals surface area contributed by atoms with Crippen molar-refractivity contribution in [1.29, 1.82) is 0 Å². The third-order valence-corrected chi connectivity index (χ3v) is 3.49. The molecule has 2 heterocycles. The van der Waals surface area contributed by atoms with Crippen molar-refractivity contribution in [3.05, 3.63) is 47.8 Å². The molecule has 7 heteroatoms. The summed E-state index contributed by atoms with van der Waals surface area (Å²) in [6, 6.07) is 4.38. The van der Waals surface area contributed by atoms with Gasteiger partial charge in [-0.2, -0.15) is 5.10 Å². The zero-order valence-electron chi connectivity index (χ0n) is 12.1. The van der Waals surface area contributed by atoms with E-state index in [1.54, 1.807) is 30.4 Å². The molecule has 0 radical (unpaired) electrons. The summed E-state index contributed by atoms with van der Waals surface area (Å²) in [6.07, 6.45) is 4.54. The monoisotopic (exact) mass is 301 g/mol. The molecule has 3 rings (SSSR count). The van der Waals surface area contributed by atoms with Gasteiger partial charge in [0.25, 0.3) is 0 Å². The van der Waals surface area contributed by atoms with Crippen LogP contribution >= 0.6 is 0 Å². The van der Waals surface area contributed by atoms with E-state index in [0.717, 1.165) is 5.56 Å². The predicted molar refractivity (Wildman–Crippen MR) is 79.4 cm³/mol. The van der Waals surface area contributed by atoms with Gasteiger partial charge in [-0.25, -0.2) is 9.37 Å². The predicted octanol–water partition coefficient (Wildman–Crippen LogP) is 2.02. The van der Waals surface area contributed by atoms with Gasteiger partial charge in [0.15, 0.2) is 0 Å². The number of aromatic amines is 2. The minimum absolute atomic E-state index is 0.0211. The zero-order valence-corrected chi connectivity index (χ0v) is 12.1. The van der Waals surface area contributed by atoms with Crippen LogP contribution in [0.15, 0.2) is 30.6 Å². The lowest BCUT2D eigenvalue weighted by atomic mass is 10.2. The summed E-state index contributed by atoms with van der Waals surface area (Å²) in [5.41, 5.74) is 2.32. The number of carbonyl (C=O) groups is 1. The minimum Gasteiger partial charge on any atom is -0.340 e. The number of halogens is 1. The van der Waals surface area contributed by atoms with E-state index < -0.39 is 0 Å². The Morgan fingerprint density at radius 1 is 1.41 bits per heavy atom. The number of amides is 1. The molecule has 3 aromatic rings. The summed E-state index contributed by atoms with van der Waals surface area (Å²) in [4.78, 5) is 21.1. The molecular weight excluding hydrogens is 285 g/mol. The highest BCUT2D eigenvalue weighted by Crippen LogP contribution is 2.14. The molecule has 0 aliphatic carbocycles. The summed E-state index contributed by atoms with van der Waals surface area (Å²) < 4.78 is 13.2. The molecule has 0 saturated heterocycles. The molecule has 1 amide bonds. The second-order valence-corrected chi connectivity index (χ2v) is 5.20. The standard InChI is InChI=1S/C15H16FN5O/c1-21(15(22)5-2-10-7-17-18-8-10)9-14-19-12-4-3-11(16)6-13(12)20-14/h3-4,6-8H,2,5,9H2,1H3,(H,17,18)(H,19,20). The van der Waals surface area contributed by atoms with Crippen molar-refractivity contribution in [3.63, 3.8) is 0 Å². The first kappa shape index (κ1) is 14.2. The van der Waals surface area contributed by atoms with Gasteiger partial charge in [0.05, 0.1) is 23.8 Å². The third kappa shape index (κ3) is 3.13.